The Kier molecular flexibility index (Phi) is 6.04. The summed E-state index contributed by atoms with van der Waals surface area (Å²) in [6, 6.07) is 8.91. The zero-order valence-corrected chi connectivity index (χ0v) is 14.5. The van der Waals surface area contributed by atoms with Crippen molar-refractivity contribution in [3.8, 4) is 11.5 Å². The maximum absolute atomic E-state index is 13.6. The predicted octanol–water partition coefficient (Wildman–Crippen LogP) is 4.77. The minimum atomic E-state index is -0.513. The molecule has 2 aromatic rings. The van der Waals surface area contributed by atoms with Crippen LogP contribution >= 0.6 is 11.6 Å². The van der Waals surface area contributed by atoms with Gasteiger partial charge in [-0.25, -0.2) is 4.39 Å². The number of methoxy groups -OCH3 is 1. The third-order valence-corrected chi connectivity index (χ3v) is 3.46. The van der Waals surface area contributed by atoms with E-state index in [-0.39, 0.29) is 16.3 Å². The molecule has 0 spiro atoms. The summed E-state index contributed by atoms with van der Waals surface area (Å²) in [7, 11) is 1.46. The Hall–Kier alpha value is -2.27. The second-order valence-corrected chi connectivity index (χ2v) is 6.04. The molecule has 2 rings (SSSR count). The first-order valence-electron chi connectivity index (χ1n) is 7.48. The minimum Gasteiger partial charge on any atom is -0.493 e. The van der Waals surface area contributed by atoms with Crippen molar-refractivity contribution in [2.24, 2.45) is 5.92 Å². The molecule has 1 N–H and O–H groups in total. The summed E-state index contributed by atoms with van der Waals surface area (Å²) in [6.07, 6.45) is 0. The number of benzene rings is 2. The van der Waals surface area contributed by atoms with Crippen LogP contribution in [0.5, 0.6) is 11.5 Å². The van der Waals surface area contributed by atoms with Gasteiger partial charge in [-0.15, -0.1) is 0 Å². The Labute approximate surface area is 145 Å². The normalized spacial score (nSPS) is 10.6. The Balaban J connectivity index is 2.26. The fourth-order valence-electron chi connectivity index (χ4n) is 2.00. The second-order valence-electron chi connectivity index (χ2n) is 5.63. The topological polar surface area (TPSA) is 47.6 Å². The lowest BCUT2D eigenvalue weighted by Crippen LogP contribution is -2.14. The minimum absolute atomic E-state index is 0.0951. The van der Waals surface area contributed by atoms with Crippen molar-refractivity contribution < 1.29 is 18.7 Å². The number of para-hydroxylation sites is 1. The van der Waals surface area contributed by atoms with Gasteiger partial charge < -0.3 is 14.8 Å². The Morgan fingerprint density at radius 3 is 2.62 bits per heavy atom. The maximum Gasteiger partial charge on any atom is 0.255 e. The van der Waals surface area contributed by atoms with E-state index in [0.717, 1.165) is 0 Å². The van der Waals surface area contributed by atoms with Gasteiger partial charge in [-0.05, 0) is 30.2 Å². The first-order chi connectivity index (χ1) is 11.4. The van der Waals surface area contributed by atoms with Crippen LogP contribution in [0, 0.1) is 11.7 Å². The molecular weight excluding hydrogens is 333 g/mol. The number of halogens is 2. The lowest BCUT2D eigenvalue weighted by molar-refractivity contribution is 0.102. The first kappa shape index (κ1) is 18.1. The van der Waals surface area contributed by atoms with Crippen LogP contribution < -0.4 is 14.8 Å². The van der Waals surface area contributed by atoms with Gasteiger partial charge in [0, 0.05) is 5.56 Å². The molecule has 0 aliphatic heterocycles. The van der Waals surface area contributed by atoms with Crippen molar-refractivity contribution >= 4 is 23.2 Å². The van der Waals surface area contributed by atoms with Crippen molar-refractivity contribution in [1.29, 1.82) is 0 Å². The Morgan fingerprint density at radius 2 is 2.00 bits per heavy atom. The zero-order valence-electron chi connectivity index (χ0n) is 13.7. The van der Waals surface area contributed by atoms with Crippen LogP contribution in [0.15, 0.2) is 36.4 Å². The molecule has 0 aliphatic rings. The third-order valence-electron chi connectivity index (χ3n) is 3.17. The van der Waals surface area contributed by atoms with Crippen LogP contribution in [0.2, 0.25) is 5.02 Å². The van der Waals surface area contributed by atoms with E-state index in [9.17, 15) is 9.18 Å². The van der Waals surface area contributed by atoms with E-state index in [0.29, 0.717) is 24.0 Å². The molecular formula is C18H19ClFNO3. The number of ether oxygens (including phenoxy) is 2. The summed E-state index contributed by atoms with van der Waals surface area (Å²) >= 11 is 6.22. The molecule has 0 heterocycles. The molecule has 0 bridgehead atoms. The third kappa shape index (κ3) is 4.38. The number of anilines is 1. The molecule has 128 valence electrons. The van der Waals surface area contributed by atoms with E-state index in [4.69, 9.17) is 21.1 Å². The molecule has 0 unspecified atom stereocenters. The average molecular weight is 352 g/mol. The Morgan fingerprint density at radius 1 is 1.29 bits per heavy atom. The molecule has 0 radical (unpaired) electrons. The lowest BCUT2D eigenvalue weighted by Gasteiger charge is -2.15. The van der Waals surface area contributed by atoms with Gasteiger partial charge in [-0.1, -0.05) is 37.6 Å². The quantitative estimate of drug-likeness (QED) is 0.815. The molecule has 0 atom stereocenters. The number of hydrogen-bond donors (Lipinski definition) is 1. The highest BCUT2D eigenvalue weighted by Crippen LogP contribution is 2.37. The van der Waals surface area contributed by atoms with Crippen LogP contribution in [-0.4, -0.2) is 19.6 Å². The van der Waals surface area contributed by atoms with Crippen LogP contribution in [0.1, 0.15) is 24.2 Å². The number of rotatable bonds is 6. The van der Waals surface area contributed by atoms with Crippen molar-refractivity contribution in [2.75, 3.05) is 19.0 Å². The van der Waals surface area contributed by atoms with E-state index < -0.39 is 11.7 Å². The van der Waals surface area contributed by atoms with Gasteiger partial charge in [0.1, 0.15) is 5.82 Å². The summed E-state index contributed by atoms with van der Waals surface area (Å²) in [6.45, 7) is 4.49. The molecule has 0 aliphatic carbocycles. The number of hydrogen-bond acceptors (Lipinski definition) is 3. The monoisotopic (exact) mass is 351 g/mol. The fraction of sp³-hybridized carbons (Fsp3) is 0.278. The number of carbonyl (C=O) groups is 1. The smallest absolute Gasteiger partial charge is 0.255 e. The molecule has 4 nitrogen and oxygen atoms in total. The number of nitrogens with one attached hydrogen (secondary N) is 1. The van der Waals surface area contributed by atoms with Gasteiger partial charge in [0.05, 0.1) is 24.4 Å². The number of amides is 1. The standard InChI is InChI=1S/C18H19ClFNO3/c1-11(2)10-24-17-13(19)8-12(9-16(17)23-3)18(22)21-15-7-5-4-6-14(15)20/h4-9,11H,10H2,1-3H3,(H,21,22). The molecule has 2 aromatic carbocycles. The summed E-state index contributed by atoms with van der Waals surface area (Å²) in [5.74, 6) is 0.0449. The van der Waals surface area contributed by atoms with Crippen molar-refractivity contribution in [2.45, 2.75) is 13.8 Å². The molecule has 24 heavy (non-hydrogen) atoms. The van der Waals surface area contributed by atoms with Gasteiger partial charge >= 0.3 is 0 Å². The largest absolute Gasteiger partial charge is 0.493 e. The van der Waals surface area contributed by atoms with Crippen LogP contribution in [-0.2, 0) is 0 Å². The first-order valence-corrected chi connectivity index (χ1v) is 7.86. The Bertz CT molecular complexity index is 734. The molecule has 0 fully saturated rings. The van der Waals surface area contributed by atoms with Crippen LogP contribution in [0.4, 0.5) is 10.1 Å². The molecule has 0 saturated carbocycles. The summed E-state index contributed by atoms with van der Waals surface area (Å²) in [4.78, 5) is 12.3. The summed E-state index contributed by atoms with van der Waals surface area (Å²) in [5, 5.41) is 2.76. The molecule has 1 amide bonds. The maximum atomic E-state index is 13.6. The molecule has 0 saturated heterocycles. The van der Waals surface area contributed by atoms with E-state index >= 15 is 0 Å². The second kappa shape index (κ2) is 8.02. The summed E-state index contributed by atoms with van der Waals surface area (Å²) < 4.78 is 24.5. The van der Waals surface area contributed by atoms with Crippen molar-refractivity contribution in [3.05, 3.63) is 52.8 Å². The SMILES string of the molecule is COc1cc(C(=O)Nc2ccccc2F)cc(Cl)c1OCC(C)C. The number of carbonyl (C=O) groups excluding carboxylic acids is 1. The highest BCUT2D eigenvalue weighted by atomic mass is 35.5. The van der Waals surface area contributed by atoms with Crippen molar-refractivity contribution in [1.82, 2.24) is 0 Å². The van der Waals surface area contributed by atoms with E-state index in [2.05, 4.69) is 5.32 Å². The highest BCUT2D eigenvalue weighted by molar-refractivity contribution is 6.32. The molecule has 6 heteroatoms. The summed E-state index contributed by atoms with van der Waals surface area (Å²) in [5.41, 5.74) is 0.342. The van der Waals surface area contributed by atoms with E-state index in [1.54, 1.807) is 12.1 Å². The van der Waals surface area contributed by atoms with Crippen LogP contribution in [0.25, 0.3) is 0 Å². The van der Waals surface area contributed by atoms with Gasteiger partial charge in [0.2, 0.25) is 0 Å². The van der Waals surface area contributed by atoms with Crippen molar-refractivity contribution in [3.63, 3.8) is 0 Å². The highest BCUT2D eigenvalue weighted by Gasteiger charge is 2.17. The van der Waals surface area contributed by atoms with E-state index in [1.807, 2.05) is 13.8 Å². The van der Waals surface area contributed by atoms with Gasteiger partial charge in [0.15, 0.2) is 11.5 Å². The van der Waals surface area contributed by atoms with Gasteiger partial charge in [-0.2, -0.15) is 0 Å². The average Bonchev–Trinajstić information content (AvgIpc) is 2.54. The fourth-order valence-corrected chi connectivity index (χ4v) is 2.26. The van der Waals surface area contributed by atoms with Gasteiger partial charge in [-0.3, -0.25) is 4.79 Å². The lowest BCUT2D eigenvalue weighted by atomic mass is 10.1. The predicted molar refractivity (Wildman–Crippen MR) is 92.7 cm³/mol. The van der Waals surface area contributed by atoms with E-state index in [1.165, 1.54) is 31.4 Å². The van der Waals surface area contributed by atoms with Gasteiger partial charge in [0.25, 0.3) is 5.91 Å². The molecule has 0 aromatic heterocycles. The van der Waals surface area contributed by atoms with Crippen LogP contribution in [0.3, 0.4) is 0 Å². The zero-order chi connectivity index (χ0) is 17.7.